The van der Waals surface area contributed by atoms with E-state index < -0.39 is 0 Å². The van der Waals surface area contributed by atoms with Crippen molar-refractivity contribution in [3.05, 3.63) is 0 Å². The third-order valence-electron chi connectivity index (χ3n) is 3.75. The maximum absolute atomic E-state index is 9.10. The molecule has 1 rings (SSSR count). The van der Waals surface area contributed by atoms with Crippen LogP contribution < -0.4 is 5.32 Å². The highest BCUT2D eigenvalue weighted by Gasteiger charge is 2.17. The number of nitrogens with one attached hydrogen (secondary N) is 1. The molecular formula is C13H27NO. The maximum Gasteiger partial charge on any atom is 0.0471 e. The van der Waals surface area contributed by atoms with Crippen molar-refractivity contribution < 1.29 is 5.11 Å². The lowest BCUT2D eigenvalue weighted by Crippen LogP contribution is -2.41. The van der Waals surface area contributed by atoms with E-state index in [9.17, 15) is 0 Å². The van der Waals surface area contributed by atoms with Gasteiger partial charge in [-0.25, -0.2) is 0 Å². The van der Waals surface area contributed by atoms with Crippen molar-refractivity contribution >= 4 is 0 Å². The van der Waals surface area contributed by atoms with E-state index in [4.69, 9.17) is 5.11 Å². The Hall–Kier alpha value is -0.0800. The fourth-order valence-corrected chi connectivity index (χ4v) is 2.32. The molecule has 0 spiro atoms. The average molecular weight is 213 g/mol. The molecule has 2 unspecified atom stereocenters. The molecule has 0 bridgehead atoms. The Balaban J connectivity index is 2.27. The zero-order chi connectivity index (χ0) is 11.1. The largest absolute Gasteiger partial charge is 0.396 e. The predicted octanol–water partition coefficient (Wildman–Crippen LogP) is 2.71. The van der Waals surface area contributed by atoms with Crippen molar-refractivity contribution in [2.45, 2.75) is 70.9 Å². The lowest BCUT2D eigenvalue weighted by molar-refractivity contribution is 0.196. The number of hydrogen-bond acceptors (Lipinski definition) is 2. The smallest absolute Gasteiger partial charge is 0.0471 e. The molecule has 0 heterocycles. The number of hydrogen-bond donors (Lipinski definition) is 2. The summed E-state index contributed by atoms with van der Waals surface area (Å²) in [5.41, 5.74) is 0. The normalized spacial score (nSPS) is 24.2. The van der Waals surface area contributed by atoms with Gasteiger partial charge in [0.2, 0.25) is 0 Å². The minimum atomic E-state index is 0.293. The van der Waals surface area contributed by atoms with Gasteiger partial charge in [0.25, 0.3) is 0 Å². The summed E-state index contributed by atoms with van der Waals surface area (Å²) in [6, 6.07) is 1.13. The first kappa shape index (κ1) is 13.0. The van der Waals surface area contributed by atoms with Gasteiger partial charge in [-0.05, 0) is 25.7 Å². The van der Waals surface area contributed by atoms with Crippen LogP contribution >= 0.6 is 0 Å². The summed E-state index contributed by atoms with van der Waals surface area (Å²) in [6.07, 6.45) is 9.63. The van der Waals surface area contributed by atoms with Crippen LogP contribution in [0.25, 0.3) is 0 Å². The van der Waals surface area contributed by atoms with Gasteiger partial charge in [0.15, 0.2) is 0 Å². The molecule has 2 nitrogen and oxygen atoms in total. The lowest BCUT2D eigenvalue weighted by atomic mass is 9.95. The zero-order valence-electron chi connectivity index (χ0n) is 10.3. The first-order valence-corrected chi connectivity index (χ1v) is 6.61. The molecule has 1 aliphatic rings. The Bertz CT molecular complexity index is 153. The number of rotatable bonds is 4. The third-order valence-corrected chi connectivity index (χ3v) is 3.75. The van der Waals surface area contributed by atoms with E-state index >= 15 is 0 Å². The Morgan fingerprint density at radius 2 is 1.60 bits per heavy atom. The van der Waals surface area contributed by atoms with E-state index in [1.807, 2.05) is 0 Å². The molecule has 0 radical (unpaired) electrons. The van der Waals surface area contributed by atoms with E-state index in [2.05, 4.69) is 19.2 Å². The Labute approximate surface area is 94.5 Å². The van der Waals surface area contributed by atoms with Gasteiger partial charge in [-0.1, -0.05) is 39.0 Å². The van der Waals surface area contributed by atoms with E-state index in [1.54, 1.807) is 0 Å². The molecule has 1 saturated carbocycles. The second-order valence-electron chi connectivity index (χ2n) is 5.16. The Morgan fingerprint density at radius 1 is 1.07 bits per heavy atom. The summed E-state index contributed by atoms with van der Waals surface area (Å²) in [5.74, 6) is 0.371. The van der Waals surface area contributed by atoms with Gasteiger partial charge in [-0.15, -0.1) is 0 Å². The van der Waals surface area contributed by atoms with Crippen LogP contribution in [0.2, 0.25) is 0 Å². The van der Waals surface area contributed by atoms with Crippen LogP contribution in [0.4, 0.5) is 0 Å². The molecule has 1 fully saturated rings. The van der Waals surface area contributed by atoms with Gasteiger partial charge in [-0.2, -0.15) is 0 Å². The van der Waals surface area contributed by atoms with Gasteiger partial charge in [0.05, 0.1) is 0 Å². The van der Waals surface area contributed by atoms with Crippen molar-refractivity contribution in [1.82, 2.24) is 5.32 Å². The second-order valence-corrected chi connectivity index (χ2v) is 5.16. The van der Waals surface area contributed by atoms with Crippen LogP contribution in [0.5, 0.6) is 0 Å². The molecule has 0 aromatic rings. The van der Waals surface area contributed by atoms with Gasteiger partial charge < -0.3 is 10.4 Å². The van der Waals surface area contributed by atoms with Crippen molar-refractivity contribution in [1.29, 1.82) is 0 Å². The Morgan fingerprint density at radius 3 is 2.13 bits per heavy atom. The van der Waals surface area contributed by atoms with Gasteiger partial charge in [-0.3, -0.25) is 0 Å². The topological polar surface area (TPSA) is 32.3 Å². The van der Waals surface area contributed by atoms with Gasteiger partial charge >= 0.3 is 0 Å². The van der Waals surface area contributed by atoms with Crippen molar-refractivity contribution in [3.8, 4) is 0 Å². The minimum absolute atomic E-state index is 0.293. The van der Waals surface area contributed by atoms with Crippen LogP contribution in [0.15, 0.2) is 0 Å². The fourth-order valence-electron chi connectivity index (χ4n) is 2.32. The van der Waals surface area contributed by atoms with Crippen LogP contribution in [-0.2, 0) is 0 Å². The summed E-state index contributed by atoms with van der Waals surface area (Å²) in [5, 5.41) is 12.8. The first-order valence-electron chi connectivity index (χ1n) is 6.61. The molecule has 2 N–H and O–H groups in total. The maximum atomic E-state index is 9.10. The lowest BCUT2D eigenvalue weighted by Gasteiger charge is -2.27. The summed E-state index contributed by atoms with van der Waals surface area (Å²) >= 11 is 0. The van der Waals surface area contributed by atoms with Crippen molar-refractivity contribution in [2.24, 2.45) is 5.92 Å². The highest BCUT2D eigenvalue weighted by molar-refractivity contribution is 4.76. The highest BCUT2D eigenvalue weighted by atomic mass is 16.3. The molecule has 0 aromatic heterocycles. The Kier molecular flexibility index (Phi) is 6.26. The monoisotopic (exact) mass is 213 g/mol. The third kappa shape index (κ3) is 4.98. The predicted molar refractivity (Wildman–Crippen MR) is 65.0 cm³/mol. The number of aliphatic hydroxyl groups is 1. The van der Waals surface area contributed by atoms with Gasteiger partial charge in [0, 0.05) is 18.7 Å². The van der Waals surface area contributed by atoms with E-state index in [0.29, 0.717) is 24.6 Å². The van der Waals surface area contributed by atoms with Crippen LogP contribution in [0.3, 0.4) is 0 Å². The van der Waals surface area contributed by atoms with Gasteiger partial charge in [0.1, 0.15) is 0 Å². The first-order chi connectivity index (χ1) is 7.24. The molecule has 90 valence electrons. The SMILES string of the molecule is CC(CO)C(C)NC1CCCCCCC1. The molecule has 0 saturated heterocycles. The fraction of sp³-hybridized carbons (Fsp3) is 1.00. The van der Waals surface area contributed by atoms with Crippen molar-refractivity contribution in [3.63, 3.8) is 0 Å². The van der Waals surface area contributed by atoms with E-state index in [-0.39, 0.29) is 0 Å². The summed E-state index contributed by atoms with van der Waals surface area (Å²) in [6.45, 7) is 4.60. The quantitative estimate of drug-likeness (QED) is 0.752. The summed E-state index contributed by atoms with van der Waals surface area (Å²) < 4.78 is 0. The molecule has 2 atom stereocenters. The van der Waals surface area contributed by atoms with Crippen LogP contribution in [0.1, 0.15) is 58.8 Å². The molecule has 0 amide bonds. The molecule has 15 heavy (non-hydrogen) atoms. The number of aliphatic hydroxyl groups excluding tert-OH is 1. The average Bonchev–Trinajstić information content (AvgIpc) is 2.20. The zero-order valence-corrected chi connectivity index (χ0v) is 10.3. The van der Waals surface area contributed by atoms with Crippen molar-refractivity contribution in [2.75, 3.05) is 6.61 Å². The summed E-state index contributed by atoms with van der Waals surface area (Å²) in [7, 11) is 0. The molecule has 0 aromatic carbocycles. The molecule has 1 aliphatic carbocycles. The molecule has 0 aliphatic heterocycles. The molecular weight excluding hydrogens is 186 g/mol. The summed E-state index contributed by atoms with van der Waals surface area (Å²) in [4.78, 5) is 0. The molecule has 2 heteroatoms. The van der Waals surface area contributed by atoms with E-state index in [0.717, 1.165) is 0 Å². The van der Waals surface area contributed by atoms with E-state index in [1.165, 1.54) is 44.9 Å². The standard InChI is InChI=1S/C13H27NO/c1-11(10-15)12(2)14-13-8-6-4-3-5-7-9-13/h11-15H,3-10H2,1-2H3. The minimum Gasteiger partial charge on any atom is -0.396 e. The second kappa shape index (κ2) is 7.24. The van der Waals surface area contributed by atoms with Crippen LogP contribution in [0, 0.1) is 5.92 Å². The van der Waals surface area contributed by atoms with Crippen LogP contribution in [-0.4, -0.2) is 23.8 Å². The highest BCUT2D eigenvalue weighted by Crippen LogP contribution is 2.18.